The van der Waals surface area contributed by atoms with Gasteiger partial charge in [0.15, 0.2) is 11.6 Å². The van der Waals surface area contributed by atoms with Crippen LogP contribution in [0.5, 0.6) is 5.75 Å². The Kier molecular flexibility index (Phi) is 5.65. The van der Waals surface area contributed by atoms with E-state index < -0.39 is 17.7 Å². The van der Waals surface area contributed by atoms with Gasteiger partial charge in [0.25, 0.3) is 5.91 Å². The van der Waals surface area contributed by atoms with E-state index in [9.17, 15) is 13.6 Å². The molecule has 23 heavy (non-hydrogen) atoms. The molecule has 0 saturated carbocycles. The number of hydrogen-bond donors (Lipinski definition) is 2. The zero-order valence-electron chi connectivity index (χ0n) is 12.6. The zero-order chi connectivity index (χ0) is 16.8. The molecule has 0 aliphatic rings. The van der Waals surface area contributed by atoms with Crippen LogP contribution in [0.3, 0.4) is 0 Å². The van der Waals surface area contributed by atoms with E-state index in [4.69, 9.17) is 9.84 Å². The number of amides is 1. The van der Waals surface area contributed by atoms with Gasteiger partial charge in [0.2, 0.25) is 0 Å². The van der Waals surface area contributed by atoms with E-state index in [0.717, 1.165) is 12.1 Å². The molecule has 0 saturated heterocycles. The van der Waals surface area contributed by atoms with Gasteiger partial charge in [0.1, 0.15) is 12.4 Å². The van der Waals surface area contributed by atoms with Gasteiger partial charge in [-0.05, 0) is 42.8 Å². The Morgan fingerprint density at radius 2 is 2.00 bits per heavy atom. The standard InChI is InChI=1S/C17H17F2NO3/c1-11(21)9-20-17(22)13-3-2-4-14(8-13)23-10-12-5-6-15(18)16(19)7-12/h2-8,11,21H,9-10H2,1H3,(H,20,22). The molecule has 0 fully saturated rings. The zero-order valence-corrected chi connectivity index (χ0v) is 12.6. The Labute approximate surface area is 132 Å². The highest BCUT2D eigenvalue weighted by Crippen LogP contribution is 2.16. The average Bonchev–Trinajstić information content (AvgIpc) is 2.54. The molecule has 0 spiro atoms. The fourth-order valence-electron chi connectivity index (χ4n) is 1.87. The van der Waals surface area contributed by atoms with Crippen molar-refractivity contribution in [2.24, 2.45) is 0 Å². The van der Waals surface area contributed by atoms with Gasteiger partial charge in [-0.1, -0.05) is 12.1 Å². The number of aliphatic hydroxyl groups is 1. The summed E-state index contributed by atoms with van der Waals surface area (Å²) >= 11 is 0. The number of benzene rings is 2. The van der Waals surface area contributed by atoms with Crippen molar-refractivity contribution < 1.29 is 23.4 Å². The van der Waals surface area contributed by atoms with Crippen molar-refractivity contribution in [3.63, 3.8) is 0 Å². The quantitative estimate of drug-likeness (QED) is 0.860. The van der Waals surface area contributed by atoms with Crippen LogP contribution >= 0.6 is 0 Å². The second-order valence-corrected chi connectivity index (χ2v) is 5.12. The number of carbonyl (C=O) groups excluding carboxylic acids is 1. The predicted molar refractivity (Wildman–Crippen MR) is 81.1 cm³/mol. The molecule has 1 amide bonds. The highest BCUT2D eigenvalue weighted by Gasteiger charge is 2.08. The maximum absolute atomic E-state index is 13.1. The van der Waals surface area contributed by atoms with E-state index in [0.29, 0.717) is 16.9 Å². The van der Waals surface area contributed by atoms with Gasteiger partial charge in [-0.25, -0.2) is 8.78 Å². The molecule has 2 aromatic carbocycles. The summed E-state index contributed by atoms with van der Waals surface area (Å²) in [6, 6.07) is 9.99. The Balaban J connectivity index is 1.99. The van der Waals surface area contributed by atoms with E-state index in [-0.39, 0.29) is 19.1 Å². The highest BCUT2D eigenvalue weighted by molar-refractivity contribution is 5.94. The van der Waals surface area contributed by atoms with Gasteiger partial charge >= 0.3 is 0 Å². The van der Waals surface area contributed by atoms with Crippen molar-refractivity contribution in [2.75, 3.05) is 6.54 Å². The van der Waals surface area contributed by atoms with Crippen LogP contribution in [0.1, 0.15) is 22.8 Å². The number of carbonyl (C=O) groups is 1. The van der Waals surface area contributed by atoms with Crippen LogP contribution < -0.4 is 10.1 Å². The Bertz CT molecular complexity index is 689. The third-order valence-electron chi connectivity index (χ3n) is 3.04. The Morgan fingerprint density at radius 1 is 1.22 bits per heavy atom. The van der Waals surface area contributed by atoms with Crippen LogP contribution in [-0.4, -0.2) is 23.7 Å². The smallest absolute Gasteiger partial charge is 0.251 e. The van der Waals surface area contributed by atoms with Crippen molar-refractivity contribution in [3.05, 3.63) is 65.2 Å². The van der Waals surface area contributed by atoms with Gasteiger partial charge < -0.3 is 15.2 Å². The first kappa shape index (κ1) is 16.9. The van der Waals surface area contributed by atoms with Crippen LogP contribution in [-0.2, 0) is 6.61 Å². The number of nitrogens with one attached hydrogen (secondary N) is 1. The van der Waals surface area contributed by atoms with Crippen LogP contribution in [0.25, 0.3) is 0 Å². The molecular weight excluding hydrogens is 304 g/mol. The third kappa shape index (κ3) is 5.03. The van der Waals surface area contributed by atoms with E-state index in [1.165, 1.54) is 12.1 Å². The first-order chi connectivity index (χ1) is 11.0. The summed E-state index contributed by atoms with van der Waals surface area (Å²) in [6.45, 7) is 1.77. The molecule has 0 radical (unpaired) electrons. The van der Waals surface area contributed by atoms with Gasteiger partial charge in [-0.2, -0.15) is 0 Å². The first-order valence-electron chi connectivity index (χ1n) is 7.09. The maximum Gasteiger partial charge on any atom is 0.251 e. The van der Waals surface area contributed by atoms with Crippen molar-refractivity contribution >= 4 is 5.91 Å². The van der Waals surface area contributed by atoms with Gasteiger partial charge in [0, 0.05) is 12.1 Å². The molecule has 2 aromatic rings. The molecule has 0 heterocycles. The molecule has 0 aromatic heterocycles. The average molecular weight is 321 g/mol. The molecule has 0 aliphatic carbocycles. The highest BCUT2D eigenvalue weighted by atomic mass is 19.2. The molecular formula is C17H17F2NO3. The van der Waals surface area contributed by atoms with Gasteiger partial charge in [-0.3, -0.25) is 4.79 Å². The fraction of sp³-hybridized carbons (Fsp3) is 0.235. The molecule has 2 rings (SSSR count). The fourth-order valence-corrected chi connectivity index (χ4v) is 1.87. The van der Waals surface area contributed by atoms with Crippen LogP contribution in [0, 0.1) is 11.6 Å². The summed E-state index contributed by atoms with van der Waals surface area (Å²) in [6.07, 6.45) is -0.633. The van der Waals surface area contributed by atoms with E-state index in [1.807, 2.05) is 0 Å². The molecule has 0 bridgehead atoms. The SMILES string of the molecule is CC(O)CNC(=O)c1cccc(OCc2ccc(F)c(F)c2)c1. The lowest BCUT2D eigenvalue weighted by atomic mass is 10.2. The molecule has 1 unspecified atom stereocenters. The second kappa shape index (κ2) is 7.69. The van der Waals surface area contributed by atoms with E-state index in [2.05, 4.69) is 5.32 Å². The Morgan fingerprint density at radius 3 is 2.70 bits per heavy atom. The number of rotatable bonds is 6. The van der Waals surface area contributed by atoms with Gasteiger partial charge in [0.05, 0.1) is 6.10 Å². The largest absolute Gasteiger partial charge is 0.489 e. The molecule has 1 atom stereocenters. The molecule has 0 aliphatic heterocycles. The number of halogens is 2. The molecule has 6 heteroatoms. The van der Waals surface area contributed by atoms with Crippen LogP contribution in [0.4, 0.5) is 8.78 Å². The lowest BCUT2D eigenvalue weighted by Crippen LogP contribution is -2.30. The molecule has 122 valence electrons. The first-order valence-corrected chi connectivity index (χ1v) is 7.09. The third-order valence-corrected chi connectivity index (χ3v) is 3.04. The summed E-state index contributed by atoms with van der Waals surface area (Å²) in [5.41, 5.74) is 0.862. The number of ether oxygens (including phenoxy) is 1. The van der Waals surface area contributed by atoms with Crippen molar-refractivity contribution in [1.29, 1.82) is 0 Å². The van der Waals surface area contributed by atoms with E-state index >= 15 is 0 Å². The minimum Gasteiger partial charge on any atom is -0.489 e. The summed E-state index contributed by atoms with van der Waals surface area (Å²) in [4.78, 5) is 11.9. The maximum atomic E-state index is 13.1. The topological polar surface area (TPSA) is 58.6 Å². The lowest BCUT2D eigenvalue weighted by molar-refractivity contribution is 0.0923. The Hall–Kier alpha value is -2.47. The summed E-state index contributed by atoms with van der Waals surface area (Å²) in [5.74, 6) is -1.74. The monoisotopic (exact) mass is 321 g/mol. The predicted octanol–water partition coefficient (Wildman–Crippen LogP) is 2.65. The minimum absolute atomic E-state index is 0.0515. The normalized spacial score (nSPS) is 11.8. The molecule has 2 N–H and O–H groups in total. The number of hydrogen-bond acceptors (Lipinski definition) is 3. The second-order valence-electron chi connectivity index (χ2n) is 5.12. The lowest BCUT2D eigenvalue weighted by Gasteiger charge is -2.10. The minimum atomic E-state index is -0.933. The summed E-state index contributed by atoms with van der Waals surface area (Å²) < 4.78 is 31.5. The van der Waals surface area contributed by atoms with Crippen molar-refractivity contribution in [1.82, 2.24) is 5.32 Å². The van der Waals surface area contributed by atoms with Crippen molar-refractivity contribution in [3.8, 4) is 5.75 Å². The molecule has 4 nitrogen and oxygen atoms in total. The van der Waals surface area contributed by atoms with Crippen LogP contribution in [0.2, 0.25) is 0 Å². The number of aliphatic hydroxyl groups excluding tert-OH is 1. The van der Waals surface area contributed by atoms with Gasteiger partial charge in [-0.15, -0.1) is 0 Å². The summed E-state index contributed by atoms with van der Waals surface area (Å²) in [7, 11) is 0. The van der Waals surface area contributed by atoms with E-state index in [1.54, 1.807) is 25.1 Å². The van der Waals surface area contributed by atoms with Crippen LogP contribution in [0.15, 0.2) is 42.5 Å². The summed E-state index contributed by atoms with van der Waals surface area (Å²) in [5, 5.41) is 11.7. The van der Waals surface area contributed by atoms with Crippen molar-refractivity contribution in [2.45, 2.75) is 19.6 Å².